The Morgan fingerprint density at radius 2 is 2.24 bits per heavy atom. The lowest BCUT2D eigenvalue weighted by atomic mass is 10.0. The summed E-state index contributed by atoms with van der Waals surface area (Å²) in [6.45, 7) is 4.20. The van der Waals surface area contributed by atoms with Gasteiger partial charge in [0.15, 0.2) is 0 Å². The van der Waals surface area contributed by atoms with E-state index in [1.54, 1.807) is 0 Å². The fourth-order valence-electron chi connectivity index (χ4n) is 2.25. The molecule has 94 valence electrons. The molecule has 0 spiro atoms. The molecule has 0 radical (unpaired) electrons. The molecule has 0 aromatic carbocycles. The molecule has 2 N–H and O–H groups in total. The van der Waals surface area contributed by atoms with Crippen LogP contribution in [0.3, 0.4) is 0 Å². The monoisotopic (exact) mass is 237 g/mol. The van der Waals surface area contributed by atoms with Crippen LogP contribution in [0.5, 0.6) is 6.01 Å². The lowest BCUT2D eigenvalue weighted by molar-refractivity contribution is 0.379. The van der Waals surface area contributed by atoms with E-state index in [-0.39, 0.29) is 12.0 Å². The van der Waals surface area contributed by atoms with Crippen LogP contribution in [0.1, 0.15) is 26.2 Å². The van der Waals surface area contributed by atoms with Crippen molar-refractivity contribution in [3.05, 3.63) is 0 Å². The Bertz CT molecular complexity index is 384. The molecule has 1 aliphatic rings. The van der Waals surface area contributed by atoms with E-state index < -0.39 is 0 Å². The second kappa shape index (κ2) is 5.16. The molecule has 0 saturated carbocycles. The van der Waals surface area contributed by atoms with Crippen molar-refractivity contribution in [2.45, 2.75) is 26.2 Å². The van der Waals surface area contributed by atoms with Crippen LogP contribution in [0.2, 0.25) is 0 Å². The Kier molecular flexibility index (Phi) is 3.61. The van der Waals surface area contributed by atoms with E-state index in [1.165, 1.54) is 26.4 Å². The van der Waals surface area contributed by atoms with Crippen LogP contribution in [0.25, 0.3) is 0 Å². The molecule has 1 aromatic heterocycles. The maximum absolute atomic E-state index is 5.63. The van der Waals surface area contributed by atoms with Crippen molar-refractivity contribution in [1.82, 2.24) is 15.0 Å². The summed E-state index contributed by atoms with van der Waals surface area (Å²) in [5, 5.41) is 0. The molecule has 2 heterocycles. The molecule has 0 bridgehead atoms. The van der Waals surface area contributed by atoms with Crippen LogP contribution >= 0.6 is 0 Å². The molecule has 6 nitrogen and oxygen atoms in total. The van der Waals surface area contributed by atoms with Crippen LogP contribution in [0.15, 0.2) is 0 Å². The van der Waals surface area contributed by atoms with Gasteiger partial charge < -0.3 is 15.4 Å². The van der Waals surface area contributed by atoms with Crippen molar-refractivity contribution in [1.29, 1.82) is 0 Å². The van der Waals surface area contributed by atoms with E-state index in [0.717, 1.165) is 19.0 Å². The van der Waals surface area contributed by atoms with Gasteiger partial charge in [-0.05, 0) is 18.8 Å². The van der Waals surface area contributed by atoms with E-state index in [4.69, 9.17) is 10.5 Å². The average Bonchev–Trinajstić information content (AvgIpc) is 2.77. The van der Waals surface area contributed by atoms with Gasteiger partial charge in [-0.15, -0.1) is 0 Å². The van der Waals surface area contributed by atoms with Gasteiger partial charge in [-0.25, -0.2) is 0 Å². The number of rotatable bonds is 4. The number of nitrogens with zero attached hydrogens (tertiary/aromatic N) is 4. The third-order valence-electron chi connectivity index (χ3n) is 3.07. The van der Waals surface area contributed by atoms with Gasteiger partial charge in [0.2, 0.25) is 11.9 Å². The van der Waals surface area contributed by atoms with Crippen molar-refractivity contribution >= 4 is 11.9 Å². The molecule has 1 saturated heterocycles. The zero-order valence-electron chi connectivity index (χ0n) is 10.4. The molecule has 1 aliphatic heterocycles. The smallest absolute Gasteiger partial charge is 0.322 e. The van der Waals surface area contributed by atoms with Crippen LogP contribution in [0, 0.1) is 5.92 Å². The second-order valence-electron chi connectivity index (χ2n) is 4.37. The molecule has 0 aliphatic carbocycles. The molecule has 2 rings (SSSR count). The fourth-order valence-corrected chi connectivity index (χ4v) is 2.25. The highest BCUT2D eigenvalue weighted by Crippen LogP contribution is 2.25. The van der Waals surface area contributed by atoms with Crippen LogP contribution in [-0.4, -0.2) is 35.2 Å². The van der Waals surface area contributed by atoms with Gasteiger partial charge in [-0.3, -0.25) is 0 Å². The lowest BCUT2D eigenvalue weighted by Gasteiger charge is -2.16. The Labute approximate surface area is 101 Å². The average molecular weight is 237 g/mol. The standard InChI is InChI=1S/C11H19N5O/c1-3-4-8-5-6-16(7-8)10-13-9(12)14-11(15-10)17-2/h8H,3-7H2,1-2H3,(H2,12,13,14,15). The number of anilines is 2. The van der Waals surface area contributed by atoms with Crippen molar-refractivity contribution in [2.24, 2.45) is 5.92 Å². The van der Waals surface area contributed by atoms with Crippen LogP contribution < -0.4 is 15.4 Å². The maximum atomic E-state index is 5.63. The van der Waals surface area contributed by atoms with Gasteiger partial charge in [0, 0.05) is 13.1 Å². The molecule has 0 amide bonds. The second-order valence-corrected chi connectivity index (χ2v) is 4.37. The quantitative estimate of drug-likeness (QED) is 0.844. The summed E-state index contributed by atoms with van der Waals surface area (Å²) in [7, 11) is 1.53. The van der Waals surface area contributed by atoms with Gasteiger partial charge in [0.25, 0.3) is 0 Å². The maximum Gasteiger partial charge on any atom is 0.322 e. The highest BCUT2D eigenvalue weighted by Gasteiger charge is 2.24. The Morgan fingerprint density at radius 1 is 1.41 bits per heavy atom. The Hall–Kier alpha value is -1.59. The fraction of sp³-hybridized carbons (Fsp3) is 0.727. The predicted octanol–water partition coefficient (Wildman–Crippen LogP) is 1.09. The van der Waals surface area contributed by atoms with Gasteiger partial charge >= 0.3 is 6.01 Å². The largest absolute Gasteiger partial charge is 0.467 e. The number of aromatic nitrogens is 3. The molecule has 6 heteroatoms. The molecular weight excluding hydrogens is 218 g/mol. The number of hydrogen-bond acceptors (Lipinski definition) is 6. The zero-order chi connectivity index (χ0) is 12.3. The molecule has 1 fully saturated rings. The van der Waals surface area contributed by atoms with Crippen molar-refractivity contribution < 1.29 is 4.74 Å². The molecular formula is C11H19N5O. The minimum Gasteiger partial charge on any atom is -0.467 e. The summed E-state index contributed by atoms with van der Waals surface area (Å²) in [6.07, 6.45) is 3.68. The highest BCUT2D eigenvalue weighted by molar-refractivity contribution is 5.37. The molecule has 1 aromatic rings. The van der Waals surface area contributed by atoms with Gasteiger partial charge in [0.05, 0.1) is 7.11 Å². The highest BCUT2D eigenvalue weighted by atomic mass is 16.5. The van der Waals surface area contributed by atoms with Crippen LogP contribution in [0.4, 0.5) is 11.9 Å². The summed E-state index contributed by atoms with van der Waals surface area (Å²) >= 11 is 0. The topological polar surface area (TPSA) is 77.2 Å². The summed E-state index contributed by atoms with van der Waals surface area (Å²) in [5.74, 6) is 1.59. The summed E-state index contributed by atoms with van der Waals surface area (Å²) in [5.41, 5.74) is 5.63. The number of methoxy groups -OCH3 is 1. The van der Waals surface area contributed by atoms with Gasteiger partial charge in [-0.2, -0.15) is 15.0 Å². The normalized spacial score (nSPS) is 19.6. The van der Waals surface area contributed by atoms with Crippen molar-refractivity contribution in [3.63, 3.8) is 0 Å². The summed E-state index contributed by atoms with van der Waals surface area (Å²) < 4.78 is 5.00. The number of nitrogens with two attached hydrogens (primary N) is 1. The minimum absolute atomic E-state index is 0.214. The molecule has 1 atom stereocenters. The van der Waals surface area contributed by atoms with E-state index in [1.807, 2.05) is 0 Å². The van der Waals surface area contributed by atoms with Crippen molar-refractivity contribution in [2.75, 3.05) is 30.8 Å². The van der Waals surface area contributed by atoms with Crippen molar-refractivity contribution in [3.8, 4) is 6.01 Å². The number of hydrogen-bond donors (Lipinski definition) is 1. The van der Waals surface area contributed by atoms with Crippen LogP contribution in [-0.2, 0) is 0 Å². The first-order valence-corrected chi connectivity index (χ1v) is 6.03. The van der Waals surface area contributed by atoms with Gasteiger partial charge in [-0.1, -0.05) is 13.3 Å². The third-order valence-corrected chi connectivity index (χ3v) is 3.07. The SMILES string of the molecule is CCCC1CCN(c2nc(N)nc(OC)n2)C1. The minimum atomic E-state index is 0.214. The first kappa shape index (κ1) is 11.9. The van der Waals surface area contributed by atoms with E-state index >= 15 is 0 Å². The lowest BCUT2D eigenvalue weighted by Crippen LogP contribution is -2.23. The Balaban J connectivity index is 2.10. The van der Waals surface area contributed by atoms with E-state index in [0.29, 0.717) is 5.95 Å². The summed E-state index contributed by atoms with van der Waals surface area (Å²) in [6, 6.07) is 0.284. The predicted molar refractivity (Wildman–Crippen MR) is 66.0 cm³/mol. The van der Waals surface area contributed by atoms with E-state index in [9.17, 15) is 0 Å². The first-order valence-electron chi connectivity index (χ1n) is 6.03. The number of nitrogen functional groups attached to an aromatic ring is 1. The number of ether oxygens (including phenoxy) is 1. The summed E-state index contributed by atoms with van der Waals surface area (Å²) in [4.78, 5) is 14.4. The Morgan fingerprint density at radius 3 is 2.94 bits per heavy atom. The van der Waals surface area contributed by atoms with Gasteiger partial charge in [0.1, 0.15) is 0 Å². The van der Waals surface area contributed by atoms with E-state index in [2.05, 4.69) is 26.8 Å². The first-order chi connectivity index (χ1) is 8.22. The molecule has 1 unspecified atom stereocenters. The zero-order valence-corrected chi connectivity index (χ0v) is 10.4. The third kappa shape index (κ3) is 2.75. The molecule has 17 heavy (non-hydrogen) atoms.